The molecule has 1 nitrogen and oxygen atoms in total. The van der Waals surface area contributed by atoms with Crippen LogP contribution in [0.15, 0.2) is 39.3 Å². The zero-order chi connectivity index (χ0) is 15.3. The van der Waals surface area contributed by atoms with Gasteiger partial charge in [-0.05, 0) is 62.2 Å². The summed E-state index contributed by atoms with van der Waals surface area (Å²) in [4.78, 5) is 10.3. The highest BCUT2D eigenvalue weighted by Gasteiger charge is 2.08. The van der Waals surface area contributed by atoms with E-state index in [0.717, 1.165) is 0 Å². The van der Waals surface area contributed by atoms with Crippen molar-refractivity contribution in [1.82, 2.24) is 0 Å². The summed E-state index contributed by atoms with van der Waals surface area (Å²) in [5, 5.41) is 0.538. The van der Waals surface area contributed by atoms with Gasteiger partial charge in [0.05, 0.1) is 19.5 Å². The van der Waals surface area contributed by atoms with Crippen molar-refractivity contribution in [3.05, 3.63) is 66.5 Å². The summed E-state index contributed by atoms with van der Waals surface area (Å²) in [5.74, 6) is -0.949. The molecular formula is C13H6Br2Cl2F2O. The first-order valence-electron chi connectivity index (χ1n) is 5.06. The molecule has 0 aliphatic heterocycles. The molecule has 0 aliphatic carbocycles. The molecule has 20 heavy (non-hydrogen) atoms. The van der Waals surface area contributed by atoms with Crippen LogP contribution < -0.4 is 0 Å². The summed E-state index contributed by atoms with van der Waals surface area (Å²) in [5.41, 5.74) is -0.110. The topological polar surface area (TPSA) is 17.1 Å². The lowest BCUT2D eigenvalue weighted by molar-refractivity contribution is 0.112. The van der Waals surface area contributed by atoms with Gasteiger partial charge < -0.3 is 0 Å². The molecule has 0 bridgehead atoms. The number of carbonyl (C=O) groups excluding carboxylic acids is 1. The maximum atomic E-state index is 12.9. The molecule has 0 heterocycles. The van der Waals surface area contributed by atoms with Crippen LogP contribution in [0.2, 0.25) is 10.0 Å². The van der Waals surface area contributed by atoms with Crippen molar-refractivity contribution in [2.24, 2.45) is 0 Å². The quantitative estimate of drug-likeness (QED) is 0.371. The van der Waals surface area contributed by atoms with Crippen LogP contribution in [0.3, 0.4) is 0 Å². The Hall–Kier alpha value is -0.490. The molecule has 0 unspecified atom stereocenters. The second-order valence-corrected chi connectivity index (χ2v) is 5.99. The van der Waals surface area contributed by atoms with Gasteiger partial charge in [0.15, 0.2) is 6.29 Å². The molecule has 2 aromatic rings. The minimum atomic E-state index is -0.618. The van der Waals surface area contributed by atoms with E-state index in [4.69, 9.17) is 23.2 Å². The first kappa shape index (κ1) is 17.6. The van der Waals surface area contributed by atoms with E-state index in [2.05, 4.69) is 31.9 Å². The van der Waals surface area contributed by atoms with Crippen LogP contribution in [0, 0.1) is 11.6 Å². The van der Waals surface area contributed by atoms with Crippen LogP contribution in [-0.2, 0) is 0 Å². The van der Waals surface area contributed by atoms with Gasteiger partial charge in [-0.2, -0.15) is 0 Å². The maximum Gasteiger partial charge on any atom is 0.154 e. The van der Waals surface area contributed by atoms with Gasteiger partial charge in [-0.1, -0.05) is 23.2 Å². The third-order valence-corrected chi connectivity index (χ3v) is 3.90. The predicted octanol–water partition coefficient (Wildman–Crippen LogP) is 6.30. The molecule has 0 N–H and O–H groups in total. The van der Waals surface area contributed by atoms with E-state index >= 15 is 0 Å². The van der Waals surface area contributed by atoms with Gasteiger partial charge in [-0.25, -0.2) is 8.78 Å². The van der Waals surface area contributed by atoms with E-state index in [1.807, 2.05) is 0 Å². The van der Waals surface area contributed by atoms with Crippen LogP contribution in [0.25, 0.3) is 0 Å². The van der Waals surface area contributed by atoms with Gasteiger partial charge in [-0.15, -0.1) is 0 Å². The Balaban J connectivity index is 0.000000204. The lowest BCUT2D eigenvalue weighted by atomic mass is 10.2. The molecule has 0 fully saturated rings. The number of halogens is 6. The molecule has 0 saturated heterocycles. The van der Waals surface area contributed by atoms with E-state index in [1.165, 1.54) is 18.2 Å². The van der Waals surface area contributed by atoms with Crippen molar-refractivity contribution in [3.63, 3.8) is 0 Å². The molecule has 0 atom stereocenters. The summed E-state index contributed by atoms with van der Waals surface area (Å²) in [6.45, 7) is 0. The fraction of sp³-hybridized carbons (Fsp3) is 0. The monoisotopic (exact) mass is 444 g/mol. The first-order chi connectivity index (χ1) is 9.36. The minimum absolute atomic E-state index is 0.110. The predicted molar refractivity (Wildman–Crippen MR) is 83.6 cm³/mol. The van der Waals surface area contributed by atoms with Crippen LogP contribution >= 0.6 is 55.1 Å². The molecule has 7 heteroatoms. The normalized spacial score (nSPS) is 9.70. The molecule has 0 radical (unpaired) electrons. The summed E-state index contributed by atoms with van der Waals surface area (Å²) < 4.78 is 26.0. The van der Waals surface area contributed by atoms with E-state index in [9.17, 15) is 13.6 Å². The summed E-state index contributed by atoms with van der Waals surface area (Å²) in [6, 6.07) is 7.35. The van der Waals surface area contributed by atoms with E-state index in [0.29, 0.717) is 15.8 Å². The SMILES string of the molecule is Fc1cc(Cl)ccc1Br.O=Cc1c(Cl)ccc(Br)c1F. The Kier molecular flexibility index (Phi) is 7.09. The first-order valence-corrected chi connectivity index (χ1v) is 7.40. The van der Waals surface area contributed by atoms with Crippen molar-refractivity contribution < 1.29 is 13.6 Å². The minimum Gasteiger partial charge on any atom is -0.298 e. The summed E-state index contributed by atoms with van der Waals surface area (Å²) in [7, 11) is 0. The Morgan fingerprint density at radius 1 is 1.00 bits per heavy atom. The average Bonchev–Trinajstić information content (AvgIpc) is 2.40. The van der Waals surface area contributed by atoms with Crippen molar-refractivity contribution in [2.75, 3.05) is 0 Å². The Bertz CT molecular complexity index is 636. The summed E-state index contributed by atoms with van der Waals surface area (Å²) in [6.07, 6.45) is 0.391. The maximum absolute atomic E-state index is 12.9. The lowest BCUT2D eigenvalue weighted by Gasteiger charge is -1.98. The fourth-order valence-electron chi connectivity index (χ4n) is 1.12. The number of aldehydes is 1. The molecule has 106 valence electrons. The Labute approximate surface area is 141 Å². The third-order valence-electron chi connectivity index (χ3n) is 2.08. The largest absolute Gasteiger partial charge is 0.298 e. The number of hydrogen-bond acceptors (Lipinski definition) is 1. The van der Waals surface area contributed by atoms with E-state index in [1.54, 1.807) is 12.1 Å². The number of carbonyl (C=O) groups is 1. The zero-order valence-corrected chi connectivity index (χ0v) is 14.3. The van der Waals surface area contributed by atoms with Gasteiger partial charge in [0.2, 0.25) is 0 Å². The molecule has 2 rings (SSSR count). The second kappa shape index (κ2) is 8.08. The van der Waals surface area contributed by atoms with Crippen molar-refractivity contribution in [1.29, 1.82) is 0 Å². The molecule has 0 spiro atoms. The summed E-state index contributed by atoms with van der Waals surface area (Å²) >= 11 is 16.9. The van der Waals surface area contributed by atoms with Gasteiger partial charge in [-0.3, -0.25) is 4.79 Å². The molecular weight excluding hydrogens is 441 g/mol. The highest BCUT2D eigenvalue weighted by molar-refractivity contribution is 9.10. The number of benzene rings is 2. The smallest absolute Gasteiger partial charge is 0.154 e. The molecule has 2 aromatic carbocycles. The highest BCUT2D eigenvalue weighted by Crippen LogP contribution is 2.24. The zero-order valence-electron chi connectivity index (χ0n) is 9.64. The van der Waals surface area contributed by atoms with Gasteiger partial charge in [0.1, 0.15) is 11.6 Å². The van der Waals surface area contributed by atoms with Crippen molar-refractivity contribution >= 4 is 61.3 Å². The Morgan fingerprint density at radius 2 is 1.60 bits per heavy atom. The standard InChI is InChI=1S/C7H3BrClFO.C6H3BrClF/c8-5-1-2-6(9)4(3-11)7(5)10;7-5-2-1-4(8)3-6(5)9/h1-3H;1-3H. The Morgan fingerprint density at radius 3 is 2.05 bits per heavy atom. The average molecular weight is 447 g/mol. The van der Waals surface area contributed by atoms with Crippen molar-refractivity contribution in [3.8, 4) is 0 Å². The van der Waals surface area contributed by atoms with Gasteiger partial charge >= 0.3 is 0 Å². The van der Waals surface area contributed by atoms with Crippen LogP contribution in [0.4, 0.5) is 8.78 Å². The molecule has 0 amide bonds. The van der Waals surface area contributed by atoms with E-state index < -0.39 is 5.82 Å². The fourth-order valence-corrected chi connectivity index (χ4v) is 2.06. The second-order valence-electron chi connectivity index (χ2n) is 3.43. The molecule has 0 saturated carbocycles. The highest BCUT2D eigenvalue weighted by atomic mass is 79.9. The van der Waals surface area contributed by atoms with Crippen LogP contribution in [0.1, 0.15) is 10.4 Å². The molecule has 0 aliphatic rings. The van der Waals surface area contributed by atoms with Gasteiger partial charge in [0, 0.05) is 5.02 Å². The van der Waals surface area contributed by atoms with Crippen molar-refractivity contribution in [2.45, 2.75) is 0 Å². The van der Waals surface area contributed by atoms with E-state index in [-0.39, 0.29) is 20.9 Å². The van der Waals surface area contributed by atoms with Crippen LogP contribution in [-0.4, -0.2) is 6.29 Å². The third kappa shape index (κ3) is 4.81. The molecule has 0 aromatic heterocycles. The lowest BCUT2D eigenvalue weighted by Crippen LogP contribution is -1.89. The van der Waals surface area contributed by atoms with Crippen LogP contribution in [0.5, 0.6) is 0 Å². The number of hydrogen-bond donors (Lipinski definition) is 0. The van der Waals surface area contributed by atoms with Gasteiger partial charge in [0.25, 0.3) is 0 Å². The number of rotatable bonds is 1.